The van der Waals surface area contributed by atoms with Crippen LogP contribution in [0.15, 0.2) is 34.8 Å². The summed E-state index contributed by atoms with van der Waals surface area (Å²) >= 11 is 8.81. The van der Waals surface area contributed by atoms with Gasteiger partial charge in [-0.05, 0) is 46.6 Å². The largest absolute Gasteiger partial charge is 0.453 e. The van der Waals surface area contributed by atoms with Gasteiger partial charge in [-0.2, -0.15) is 0 Å². The predicted octanol–water partition coefficient (Wildman–Crippen LogP) is 5.19. The molecule has 2 N–H and O–H groups in total. The number of hydrogen-bond donors (Lipinski definition) is 1. The molecule has 0 aliphatic rings. The van der Waals surface area contributed by atoms with Crippen LogP contribution in [0.1, 0.15) is 18.5 Å². The molecule has 0 saturated heterocycles. The molecule has 0 aliphatic heterocycles. The smallest absolute Gasteiger partial charge is 0.166 e. The Bertz CT molecular complexity index is 649. The fraction of sp³-hybridized carbons (Fsp3) is 0.143. The lowest BCUT2D eigenvalue weighted by molar-refractivity contribution is 0.435. The van der Waals surface area contributed by atoms with Gasteiger partial charge in [0.2, 0.25) is 0 Å². The number of rotatable bonds is 3. The predicted molar refractivity (Wildman–Crippen MR) is 78.2 cm³/mol. The van der Waals surface area contributed by atoms with Gasteiger partial charge in [0, 0.05) is 12.1 Å². The van der Waals surface area contributed by atoms with Crippen LogP contribution in [0.3, 0.4) is 0 Å². The molecule has 106 valence electrons. The van der Waals surface area contributed by atoms with E-state index in [9.17, 15) is 8.78 Å². The van der Waals surface area contributed by atoms with Crippen LogP contribution in [0.4, 0.5) is 8.78 Å². The minimum absolute atomic E-state index is 0.0168. The van der Waals surface area contributed by atoms with Crippen molar-refractivity contribution in [1.29, 1.82) is 0 Å². The third-order valence-corrected chi connectivity index (χ3v) is 3.59. The number of ether oxygens (including phenoxy) is 1. The molecule has 0 heterocycles. The molecular weight excluding hydrogens is 352 g/mol. The van der Waals surface area contributed by atoms with Crippen LogP contribution in [0.25, 0.3) is 0 Å². The molecule has 2 aromatic rings. The van der Waals surface area contributed by atoms with Gasteiger partial charge in [-0.25, -0.2) is 8.78 Å². The van der Waals surface area contributed by atoms with E-state index in [4.69, 9.17) is 22.1 Å². The van der Waals surface area contributed by atoms with Crippen LogP contribution in [0.5, 0.6) is 11.5 Å². The fourth-order valence-corrected chi connectivity index (χ4v) is 2.30. The van der Waals surface area contributed by atoms with E-state index in [-0.39, 0.29) is 22.6 Å². The van der Waals surface area contributed by atoms with Crippen LogP contribution in [0.2, 0.25) is 5.02 Å². The molecule has 0 amide bonds. The van der Waals surface area contributed by atoms with E-state index in [1.54, 1.807) is 13.0 Å². The van der Waals surface area contributed by atoms with Crippen molar-refractivity contribution in [3.8, 4) is 11.5 Å². The van der Waals surface area contributed by atoms with Crippen molar-refractivity contribution in [3.63, 3.8) is 0 Å². The molecule has 20 heavy (non-hydrogen) atoms. The van der Waals surface area contributed by atoms with Gasteiger partial charge < -0.3 is 10.5 Å². The Labute approximate surface area is 128 Å². The van der Waals surface area contributed by atoms with Gasteiger partial charge in [-0.15, -0.1) is 0 Å². The third kappa shape index (κ3) is 3.29. The van der Waals surface area contributed by atoms with E-state index in [0.29, 0.717) is 10.0 Å². The van der Waals surface area contributed by atoms with Gasteiger partial charge in [0.1, 0.15) is 11.6 Å². The first-order valence-electron chi connectivity index (χ1n) is 5.76. The third-order valence-electron chi connectivity index (χ3n) is 2.68. The van der Waals surface area contributed by atoms with E-state index in [0.717, 1.165) is 6.07 Å². The first-order valence-corrected chi connectivity index (χ1v) is 6.93. The van der Waals surface area contributed by atoms with Crippen LogP contribution in [0, 0.1) is 11.6 Å². The van der Waals surface area contributed by atoms with E-state index in [2.05, 4.69) is 15.9 Å². The monoisotopic (exact) mass is 361 g/mol. The Morgan fingerprint density at radius 2 is 1.85 bits per heavy atom. The number of nitrogens with two attached hydrogens (primary N) is 1. The first kappa shape index (κ1) is 15.2. The van der Waals surface area contributed by atoms with Crippen LogP contribution >= 0.6 is 27.5 Å². The van der Waals surface area contributed by atoms with Gasteiger partial charge in [0.15, 0.2) is 11.6 Å². The second-order valence-electron chi connectivity index (χ2n) is 4.28. The van der Waals surface area contributed by atoms with Crippen molar-refractivity contribution in [2.45, 2.75) is 13.0 Å². The van der Waals surface area contributed by atoms with Gasteiger partial charge in [0.05, 0.1) is 9.50 Å². The zero-order chi connectivity index (χ0) is 14.9. The second-order valence-corrected chi connectivity index (χ2v) is 5.54. The standard InChI is InChI=1S/C14H11BrClF2NO/c1-7(19)8-2-3-13(12(18)4-8)20-14-6-11(17)10(16)5-9(14)15/h2-7H,19H2,1H3/t7-/m1/s1. The van der Waals surface area contributed by atoms with Crippen molar-refractivity contribution < 1.29 is 13.5 Å². The minimum atomic E-state index is -0.641. The molecule has 1 atom stereocenters. The molecule has 0 spiro atoms. The number of halogens is 4. The summed E-state index contributed by atoms with van der Waals surface area (Å²) in [6.45, 7) is 1.75. The lowest BCUT2D eigenvalue weighted by atomic mass is 10.1. The van der Waals surface area contributed by atoms with Crippen LogP contribution in [-0.2, 0) is 0 Å². The Balaban J connectivity index is 2.33. The van der Waals surface area contributed by atoms with Crippen molar-refractivity contribution in [2.75, 3.05) is 0 Å². The lowest BCUT2D eigenvalue weighted by Crippen LogP contribution is -2.05. The quantitative estimate of drug-likeness (QED) is 0.762. The van der Waals surface area contributed by atoms with Gasteiger partial charge >= 0.3 is 0 Å². The van der Waals surface area contributed by atoms with Crippen molar-refractivity contribution in [1.82, 2.24) is 0 Å². The highest BCUT2D eigenvalue weighted by atomic mass is 79.9. The molecule has 2 aromatic carbocycles. The second kappa shape index (κ2) is 6.08. The average Bonchev–Trinajstić information content (AvgIpc) is 2.37. The molecule has 2 rings (SSSR count). The normalized spacial score (nSPS) is 12.3. The molecule has 0 saturated carbocycles. The van der Waals surface area contributed by atoms with E-state index in [1.807, 2.05) is 0 Å². The molecule has 0 radical (unpaired) electrons. The highest BCUT2D eigenvalue weighted by molar-refractivity contribution is 9.10. The SMILES string of the molecule is C[C@@H](N)c1ccc(Oc2cc(F)c(Cl)cc2Br)c(F)c1. The Kier molecular flexibility index (Phi) is 4.62. The van der Waals surface area contributed by atoms with Crippen molar-refractivity contribution in [3.05, 3.63) is 57.0 Å². The number of benzene rings is 2. The summed E-state index contributed by atoms with van der Waals surface area (Å²) in [4.78, 5) is 0. The van der Waals surface area contributed by atoms with Crippen molar-refractivity contribution >= 4 is 27.5 Å². The Morgan fingerprint density at radius 3 is 2.45 bits per heavy atom. The van der Waals surface area contributed by atoms with E-state index >= 15 is 0 Å². The maximum Gasteiger partial charge on any atom is 0.166 e. The molecule has 0 fully saturated rings. The minimum Gasteiger partial charge on any atom is -0.453 e. The summed E-state index contributed by atoms with van der Waals surface area (Å²) in [6, 6.07) is 6.56. The summed E-state index contributed by atoms with van der Waals surface area (Å²) in [5, 5.41) is -0.0444. The van der Waals surface area contributed by atoms with Gasteiger partial charge in [0.25, 0.3) is 0 Å². The molecule has 0 bridgehead atoms. The van der Waals surface area contributed by atoms with Crippen LogP contribution < -0.4 is 10.5 Å². The highest BCUT2D eigenvalue weighted by Gasteiger charge is 2.12. The Hall–Kier alpha value is -1.17. The molecule has 0 aromatic heterocycles. The summed E-state index contributed by atoms with van der Waals surface area (Å²) in [7, 11) is 0. The van der Waals surface area contributed by atoms with E-state index in [1.165, 1.54) is 18.2 Å². The maximum absolute atomic E-state index is 13.9. The summed E-state index contributed by atoms with van der Waals surface area (Å²) < 4.78 is 33.1. The molecule has 0 unspecified atom stereocenters. The summed E-state index contributed by atoms with van der Waals surface area (Å²) in [5.41, 5.74) is 6.32. The van der Waals surface area contributed by atoms with Gasteiger partial charge in [-0.1, -0.05) is 17.7 Å². The summed E-state index contributed by atoms with van der Waals surface area (Å²) in [6.07, 6.45) is 0. The molecule has 2 nitrogen and oxygen atoms in total. The van der Waals surface area contributed by atoms with E-state index < -0.39 is 11.6 Å². The first-order chi connectivity index (χ1) is 9.38. The Morgan fingerprint density at radius 1 is 1.15 bits per heavy atom. The van der Waals surface area contributed by atoms with Gasteiger partial charge in [-0.3, -0.25) is 0 Å². The molecular formula is C14H11BrClF2NO. The summed E-state index contributed by atoms with van der Waals surface area (Å²) in [5.74, 6) is -1.09. The zero-order valence-electron chi connectivity index (χ0n) is 10.5. The molecule has 0 aliphatic carbocycles. The topological polar surface area (TPSA) is 35.2 Å². The zero-order valence-corrected chi connectivity index (χ0v) is 12.8. The van der Waals surface area contributed by atoms with Crippen molar-refractivity contribution in [2.24, 2.45) is 5.73 Å². The molecule has 6 heteroatoms. The fourth-order valence-electron chi connectivity index (χ4n) is 1.58. The van der Waals surface area contributed by atoms with Crippen LogP contribution in [-0.4, -0.2) is 0 Å². The average molecular weight is 363 g/mol. The lowest BCUT2D eigenvalue weighted by Gasteiger charge is -2.11. The maximum atomic E-state index is 13.9. The number of hydrogen-bond acceptors (Lipinski definition) is 2. The highest BCUT2D eigenvalue weighted by Crippen LogP contribution is 2.35.